The third-order valence-electron chi connectivity index (χ3n) is 5.62. The van der Waals surface area contributed by atoms with Gasteiger partial charge in [0.15, 0.2) is 0 Å². The number of nitrogens with one attached hydrogen (secondary N) is 2. The third kappa shape index (κ3) is 5.40. The lowest BCUT2D eigenvalue weighted by molar-refractivity contribution is -0.139. The lowest BCUT2D eigenvalue weighted by Gasteiger charge is -2.18. The molecule has 1 atom stereocenters. The Bertz CT molecular complexity index is 1100. The Morgan fingerprint density at radius 3 is 2.27 bits per heavy atom. The minimum absolute atomic E-state index is 0.0828. The van der Waals surface area contributed by atoms with E-state index in [1.165, 1.54) is 0 Å². The molecular weight excluding hydrogens is 440 g/mol. The summed E-state index contributed by atoms with van der Waals surface area (Å²) >= 11 is 1.56. The van der Waals surface area contributed by atoms with Gasteiger partial charge in [0.1, 0.15) is 12.6 Å². The number of alkyl carbamates (subject to hydrolysis) is 1. The van der Waals surface area contributed by atoms with Crippen LogP contribution in [-0.2, 0) is 20.7 Å². The predicted octanol–water partition coefficient (Wildman–Crippen LogP) is 3.79. The first-order valence-corrected chi connectivity index (χ1v) is 11.6. The minimum Gasteiger partial charge on any atom is -0.481 e. The molecule has 1 aromatic heterocycles. The van der Waals surface area contributed by atoms with Crippen LogP contribution in [0.3, 0.4) is 0 Å². The summed E-state index contributed by atoms with van der Waals surface area (Å²) in [5.41, 5.74) is 5.44. The van der Waals surface area contributed by atoms with Gasteiger partial charge in [-0.05, 0) is 51.1 Å². The highest BCUT2D eigenvalue weighted by molar-refractivity contribution is 7.07. The predicted molar refractivity (Wildman–Crippen MR) is 125 cm³/mol. The number of carbonyl (C=O) groups is 3. The molecule has 1 unspecified atom stereocenters. The summed E-state index contributed by atoms with van der Waals surface area (Å²) in [6.45, 7) is 0.428. The number of aliphatic carboxylic acids is 1. The number of hydrogen-bond donors (Lipinski definition) is 3. The van der Waals surface area contributed by atoms with Gasteiger partial charge >= 0.3 is 12.1 Å². The maximum atomic E-state index is 12.5. The Hall–Kier alpha value is -3.65. The van der Waals surface area contributed by atoms with Gasteiger partial charge in [-0.25, -0.2) is 4.79 Å². The van der Waals surface area contributed by atoms with Crippen molar-refractivity contribution in [2.45, 2.75) is 24.8 Å². The van der Waals surface area contributed by atoms with Crippen LogP contribution in [0.1, 0.15) is 29.0 Å². The van der Waals surface area contributed by atoms with Gasteiger partial charge in [0.05, 0.1) is 6.42 Å². The second-order valence-corrected chi connectivity index (χ2v) is 8.57. The summed E-state index contributed by atoms with van der Waals surface area (Å²) in [5.74, 6) is -1.87. The van der Waals surface area contributed by atoms with Gasteiger partial charge in [-0.3, -0.25) is 9.59 Å². The molecular formula is C25H24N2O5S. The molecule has 4 rings (SSSR count). The summed E-state index contributed by atoms with van der Waals surface area (Å²) in [6.07, 6.45) is -0.731. The number of carbonyl (C=O) groups excluding carboxylic acids is 2. The topological polar surface area (TPSA) is 105 Å². The quantitative estimate of drug-likeness (QED) is 0.447. The van der Waals surface area contributed by atoms with E-state index in [0.717, 1.165) is 27.8 Å². The van der Waals surface area contributed by atoms with Crippen LogP contribution in [0.5, 0.6) is 0 Å². The van der Waals surface area contributed by atoms with Crippen LogP contribution in [0.2, 0.25) is 0 Å². The zero-order valence-electron chi connectivity index (χ0n) is 17.8. The van der Waals surface area contributed by atoms with Gasteiger partial charge in [-0.2, -0.15) is 11.3 Å². The van der Waals surface area contributed by atoms with E-state index in [9.17, 15) is 19.5 Å². The van der Waals surface area contributed by atoms with Gasteiger partial charge in [0, 0.05) is 12.5 Å². The van der Waals surface area contributed by atoms with Gasteiger partial charge < -0.3 is 20.5 Å². The summed E-state index contributed by atoms with van der Waals surface area (Å²) in [7, 11) is 0. The highest BCUT2D eigenvalue weighted by Crippen LogP contribution is 2.44. The van der Waals surface area contributed by atoms with Crippen molar-refractivity contribution in [1.82, 2.24) is 10.6 Å². The van der Waals surface area contributed by atoms with E-state index in [0.29, 0.717) is 13.0 Å². The zero-order valence-corrected chi connectivity index (χ0v) is 18.6. The fourth-order valence-electron chi connectivity index (χ4n) is 4.05. The maximum absolute atomic E-state index is 12.5. The Labute approximate surface area is 195 Å². The largest absolute Gasteiger partial charge is 0.481 e. The van der Waals surface area contributed by atoms with E-state index in [2.05, 4.69) is 10.6 Å². The zero-order chi connectivity index (χ0) is 23.2. The number of benzene rings is 2. The number of carboxylic acid groups (broad SMARTS) is 1. The number of ether oxygens (including phenoxy) is 1. The van der Waals surface area contributed by atoms with E-state index in [1.54, 1.807) is 11.3 Å². The van der Waals surface area contributed by atoms with Crippen LogP contribution < -0.4 is 10.6 Å². The average Bonchev–Trinajstić information content (AvgIpc) is 3.43. The van der Waals surface area contributed by atoms with E-state index in [-0.39, 0.29) is 12.5 Å². The number of thiophene rings is 1. The van der Waals surface area contributed by atoms with Crippen molar-refractivity contribution < 1.29 is 24.2 Å². The van der Waals surface area contributed by atoms with E-state index in [1.807, 2.05) is 65.4 Å². The fraction of sp³-hybridized carbons (Fsp3) is 0.240. The number of fused-ring (bicyclic) bond motifs is 3. The molecule has 2 aromatic carbocycles. The summed E-state index contributed by atoms with van der Waals surface area (Å²) in [6, 6.07) is 16.7. The first kappa shape index (κ1) is 22.5. The monoisotopic (exact) mass is 464 g/mol. The van der Waals surface area contributed by atoms with E-state index in [4.69, 9.17) is 4.74 Å². The molecule has 0 aliphatic heterocycles. The molecule has 33 heavy (non-hydrogen) atoms. The molecule has 0 radical (unpaired) electrons. The Morgan fingerprint density at radius 2 is 1.67 bits per heavy atom. The highest BCUT2D eigenvalue weighted by atomic mass is 32.1. The minimum atomic E-state index is -1.22. The molecule has 1 heterocycles. The second-order valence-electron chi connectivity index (χ2n) is 7.79. The molecule has 0 bridgehead atoms. The van der Waals surface area contributed by atoms with Crippen molar-refractivity contribution in [3.8, 4) is 11.1 Å². The summed E-state index contributed by atoms with van der Waals surface area (Å²) in [4.78, 5) is 36.2. The summed E-state index contributed by atoms with van der Waals surface area (Å²) < 4.78 is 5.44. The molecule has 170 valence electrons. The number of carboxylic acids is 1. The summed E-state index contributed by atoms with van der Waals surface area (Å²) in [5, 5.41) is 18.2. The van der Waals surface area contributed by atoms with Crippen molar-refractivity contribution >= 4 is 29.3 Å². The molecule has 0 saturated carbocycles. The van der Waals surface area contributed by atoms with Crippen molar-refractivity contribution in [3.05, 3.63) is 82.0 Å². The van der Waals surface area contributed by atoms with Crippen molar-refractivity contribution in [3.63, 3.8) is 0 Å². The third-order valence-corrected chi connectivity index (χ3v) is 6.36. The van der Waals surface area contributed by atoms with Crippen LogP contribution in [0.15, 0.2) is 65.4 Å². The molecule has 0 spiro atoms. The van der Waals surface area contributed by atoms with Gasteiger partial charge in [0.25, 0.3) is 0 Å². The van der Waals surface area contributed by atoms with E-state index >= 15 is 0 Å². The smallest absolute Gasteiger partial charge is 0.407 e. The van der Waals surface area contributed by atoms with E-state index < -0.39 is 30.4 Å². The highest BCUT2D eigenvalue weighted by Gasteiger charge is 2.30. The van der Waals surface area contributed by atoms with Crippen molar-refractivity contribution in [2.75, 3.05) is 13.2 Å². The fourth-order valence-corrected chi connectivity index (χ4v) is 4.76. The maximum Gasteiger partial charge on any atom is 0.407 e. The van der Waals surface area contributed by atoms with Gasteiger partial charge in [0.2, 0.25) is 5.91 Å². The first-order chi connectivity index (χ1) is 16.0. The lowest BCUT2D eigenvalue weighted by atomic mass is 9.98. The number of rotatable bonds is 9. The van der Waals surface area contributed by atoms with Gasteiger partial charge in [-0.1, -0.05) is 48.5 Å². The lowest BCUT2D eigenvalue weighted by Crippen LogP contribution is -2.48. The molecule has 1 aliphatic carbocycles. The Kier molecular flexibility index (Phi) is 7.04. The number of hydrogen-bond acceptors (Lipinski definition) is 5. The van der Waals surface area contributed by atoms with Crippen molar-refractivity contribution in [2.24, 2.45) is 0 Å². The SMILES string of the molecule is O=C(O)CC(NC(=O)OCC1c2ccccc2-c2ccccc21)C(=O)NCCc1ccsc1. The molecule has 3 N–H and O–H groups in total. The molecule has 8 heteroatoms. The normalized spacial score (nSPS) is 13.0. The standard InChI is InChI=1S/C25H24N2O5S/c28-23(29)13-22(24(30)26-11-9-16-10-12-33-15-16)27-25(31)32-14-21-19-7-3-1-5-17(19)18-6-2-4-8-20(18)21/h1-8,10,12,15,21-22H,9,11,13-14H2,(H,26,30)(H,27,31)(H,28,29). The Morgan fingerprint density at radius 1 is 1.00 bits per heavy atom. The molecule has 0 saturated heterocycles. The molecule has 7 nitrogen and oxygen atoms in total. The molecule has 1 aliphatic rings. The van der Waals surface area contributed by atoms with Crippen LogP contribution in [0.4, 0.5) is 4.79 Å². The average molecular weight is 465 g/mol. The first-order valence-electron chi connectivity index (χ1n) is 10.6. The van der Waals surface area contributed by atoms with Crippen LogP contribution in [-0.4, -0.2) is 42.3 Å². The van der Waals surface area contributed by atoms with Crippen LogP contribution >= 0.6 is 11.3 Å². The molecule has 3 aromatic rings. The number of amides is 2. The second kappa shape index (κ2) is 10.3. The Balaban J connectivity index is 1.35. The van der Waals surface area contributed by atoms with Crippen molar-refractivity contribution in [1.29, 1.82) is 0 Å². The van der Waals surface area contributed by atoms with Crippen LogP contribution in [0.25, 0.3) is 11.1 Å². The van der Waals surface area contributed by atoms with Gasteiger partial charge in [-0.15, -0.1) is 0 Å². The molecule has 0 fully saturated rings. The molecule has 2 amide bonds. The van der Waals surface area contributed by atoms with Crippen LogP contribution in [0, 0.1) is 0 Å².